The van der Waals surface area contributed by atoms with Gasteiger partial charge in [-0.1, -0.05) is 0 Å². The number of hydrogen-bond acceptors (Lipinski definition) is 6. The Bertz CT molecular complexity index is 893. The van der Waals surface area contributed by atoms with Gasteiger partial charge < -0.3 is 15.1 Å². The number of carbonyl (C=O) groups is 1. The highest BCUT2D eigenvalue weighted by Gasteiger charge is 2.35. The average Bonchev–Trinajstić information content (AvgIpc) is 3.12. The molecule has 0 aromatic carbocycles. The molecular weight excluding hydrogens is 396 g/mol. The first-order valence-electron chi connectivity index (χ1n) is 9.87. The van der Waals surface area contributed by atoms with Crippen LogP contribution in [0.1, 0.15) is 31.4 Å². The van der Waals surface area contributed by atoms with Gasteiger partial charge >= 0.3 is 0 Å². The van der Waals surface area contributed by atoms with Gasteiger partial charge in [-0.25, -0.2) is 18.7 Å². The molecule has 156 valence electrons. The molecule has 0 bridgehead atoms. The minimum atomic E-state index is -2.56. The Balaban J connectivity index is 1.61. The number of rotatable bonds is 4. The van der Waals surface area contributed by atoms with Gasteiger partial charge in [-0.15, -0.1) is 11.3 Å². The molecule has 0 spiro atoms. The fraction of sp³-hybridized carbons (Fsp3) is 0.550. The third-order valence-electron chi connectivity index (χ3n) is 5.54. The van der Waals surface area contributed by atoms with Gasteiger partial charge in [-0.05, 0) is 25.8 Å². The van der Waals surface area contributed by atoms with Crippen molar-refractivity contribution in [2.75, 3.05) is 36.9 Å². The number of pyridine rings is 1. The van der Waals surface area contributed by atoms with Gasteiger partial charge in [0.15, 0.2) is 0 Å². The molecule has 2 aromatic heterocycles. The molecule has 4 rings (SSSR count). The van der Waals surface area contributed by atoms with E-state index in [4.69, 9.17) is 4.98 Å². The van der Waals surface area contributed by atoms with Crippen molar-refractivity contribution in [1.29, 1.82) is 0 Å². The predicted octanol–water partition coefficient (Wildman–Crippen LogP) is 3.78. The molecule has 0 radical (unpaired) electrons. The van der Waals surface area contributed by atoms with Crippen molar-refractivity contribution in [2.45, 2.75) is 44.6 Å². The van der Waals surface area contributed by atoms with E-state index in [0.717, 1.165) is 28.6 Å². The van der Waals surface area contributed by atoms with Crippen molar-refractivity contribution < 1.29 is 13.6 Å². The van der Waals surface area contributed by atoms with Gasteiger partial charge in [0.05, 0.1) is 6.54 Å². The fourth-order valence-corrected chi connectivity index (χ4v) is 4.48. The minimum Gasteiger partial charge on any atom is -0.367 e. The maximum atomic E-state index is 13.5. The maximum absolute atomic E-state index is 13.5. The Kier molecular flexibility index (Phi) is 5.42. The number of thiazole rings is 1. The molecule has 9 heteroatoms. The highest BCUT2D eigenvalue weighted by atomic mass is 32.1. The summed E-state index contributed by atoms with van der Waals surface area (Å²) in [5, 5.41) is 6.13. The van der Waals surface area contributed by atoms with Crippen LogP contribution < -0.4 is 10.2 Å². The van der Waals surface area contributed by atoms with Gasteiger partial charge in [-0.3, -0.25) is 4.79 Å². The molecular formula is C20H25F2N5OS. The van der Waals surface area contributed by atoms with Crippen LogP contribution in [0.2, 0.25) is 0 Å². The highest BCUT2D eigenvalue weighted by molar-refractivity contribution is 7.13. The Morgan fingerprint density at radius 2 is 1.97 bits per heavy atom. The van der Waals surface area contributed by atoms with E-state index in [0.29, 0.717) is 31.7 Å². The first kappa shape index (κ1) is 20.0. The number of carbonyl (C=O) groups excluding carboxylic acids is 1. The van der Waals surface area contributed by atoms with Crippen LogP contribution in [0, 0.1) is 6.92 Å². The molecule has 1 amide bonds. The lowest BCUT2D eigenvalue weighted by Crippen LogP contribution is -2.48. The summed E-state index contributed by atoms with van der Waals surface area (Å²) in [7, 11) is 1.81. The molecule has 0 unspecified atom stereocenters. The number of nitrogens with one attached hydrogen (secondary N) is 1. The normalized spacial score (nSPS) is 20.2. The van der Waals surface area contributed by atoms with Crippen LogP contribution in [0.5, 0.6) is 0 Å². The van der Waals surface area contributed by atoms with Crippen LogP contribution in [0.3, 0.4) is 0 Å². The van der Waals surface area contributed by atoms with Gasteiger partial charge in [0, 0.05) is 61.8 Å². The zero-order valence-corrected chi connectivity index (χ0v) is 17.4. The molecule has 2 aliphatic rings. The van der Waals surface area contributed by atoms with Gasteiger partial charge in [0.25, 0.3) is 0 Å². The second-order valence-corrected chi connectivity index (χ2v) is 8.76. The summed E-state index contributed by atoms with van der Waals surface area (Å²) in [5.74, 6) is -1.84. The Morgan fingerprint density at radius 1 is 1.21 bits per heavy atom. The van der Waals surface area contributed by atoms with Crippen LogP contribution in [0.4, 0.5) is 20.3 Å². The number of likely N-dealkylation sites (N-methyl/N-ethyl adjacent to an activating group) is 1. The predicted molar refractivity (Wildman–Crippen MR) is 111 cm³/mol. The lowest BCUT2D eigenvalue weighted by atomic mass is 9.92. The minimum absolute atomic E-state index is 0.0302. The van der Waals surface area contributed by atoms with E-state index in [1.807, 2.05) is 36.4 Å². The van der Waals surface area contributed by atoms with Crippen LogP contribution in [-0.2, 0) is 4.79 Å². The summed E-state index contributed by atoms with van der Waals surface area (Å²) < 4.78 is 27.0. The monoisotopic (exact) mass is 421 g/mol. The number of halogens is 2. The summed E-state index contributed by atoms with van der Waals surface area (Å²) in [6.45, 7) is 3.64. The van der Waals surface area contributed by atoms with Crippen molar-refractivity contribution in [3.05, 3.63) is 23.2 Å². The van der Waals surface area contributed by atoms with Crippen molar-refractivity contribution >= 4 is 28.7 Å². The summed E-state index contributed by atoms with van der Waals surface area (Å²) in [4.78, 5) is 25.2. The summed E-state index contributed by atoms with van der Waals surface area (Å²) in [6.07, 6.45) is 0.626. The molecule has 6 nitrogen and oxygen atoms in total. The number of hydrogen-bond donors (Lipinski definition) is 1. The lowest BCUT2D eigenvalue weighted by Gasteiger charge is -2.34. The second kappa shape index (κ2) is 7.85. The topological polar surface area (TPSA) is 61.4 Å². The van der Waals surface area contributed by atoms with Crippen molar-refractivity contribution in [1.82, 2.24) is 14.9 Å². The lowest BCUT2D eigenvalue weighted by molar-refractivity contribution is -0.129. The van der Waals surface area contributed by atoms with Crippen LogP contribution >= 0.6 is 11.3 Å². The van der Waals surface area contributed by atoms with Gasteiger partial charge in [0.1, 0.15) is 16.5 Å². The summed E-state index contributed by atoms with van der Waals surface area (Å²) >= 11 is 1.52. The first-order valence-corrected chi connectivity index (χ1v) is 10.7. The third-order valence-corrected chi connectivity index (χ3v) is 6.52. The first-order chi connectivity index (χ1) is 13.8. The number of anilines is 2. The molecule has 1 N–H and O–H groups in total. The van der Waals surface area contributed by atoms with Crippen molar-refractivity contribution in [2.24, 2.45) is 0 Å². The van der Waals surface area contributed by atoms with Gasteiger partial charge in [0.2, 0.25) is 11.8 Å². The largest absolute Gasteiger partial charge is 0.367 e. The number of aromatic nitrogens is 2. The molecule has 1 saturated carbocycles. The second-order valence-electron chi connectivity index (χ2n) is 7.90. The number of amides is 1. The SMILES string of the molecule is Cc1csc(-c2cc(N3CCN(C)C(=O)C3)cc(NC3CCC(F)(F)CC3)n2)n1. The van der Waals surface area contributed by atoms with E-state index >= 15 is 0 Å². The van der Waals surface area contributed by atoms with Crippen LogP contribution in [-0.4, -0.2) is 59.4 Å². The number of alkyl halides is 2. The molecule has 2 fully saturated rings. The van der Waals surface area contributed by atoms with E-state index in [-0.39, 0.29) is 24.8 Å². The molecule has 3 heterocycles. The summed E-state index contributed by atoms with van der Waals surface area (Å²) in [6, 6.07) is 3.84. The number of piperazine rings is 1. The highest BCUT2D eigenvalue weighted by Crippen LogP contribution is 2.35. The Morgan fingerprint density at radius 3 is 2.62 bits per heavy atom. The van der Waals surface area contributed by atoms with E-state index in [1.165, 1.54) is 11.3 Å². The van der Waals surface area contributed by atoms with Crippen molar-refractivity contribution in [3.8, 4) is 10.7 Å². The average molecular weight is 422 g/mol. The van der Waals surface area contributed by atoms with Crippen molar-refractivity contribution in [3.63, 3.8) is 0 Å². The number of nitrogens with zero attached hydrogens (tertiary/aromatic N) is 4. The van der Waals surface area contributed by atoms with E-state index < -0.39 is 5.92 Å². The zero-order chi connectivity index (χ0) is 20.6. The third kappa shape index (κ3) is 4.66. The molecule has 1 saturated heterocycles. The van der Waals surface area contributed by atoms with Crippen LogP contribution in [0.25, 0.3) is 10.7 Å². The molecule has 0 atom stereocenters. The molecule has 1 aliphatic carbocycles. The molecule has 29 heavy (non-hydrogen) atoms. The van der Waals surface area contributed by atoms with Gasteiger partial charge in [-0.2, -0.15) is 0 Å². The van der Waals surface area contributed by atoms with Crippen LogP contribution in [0.15, 0.2) is 17.5 Å². The zero-order valence-electron chi connectivity index (χ0n) is 16.6. The van der Waals surface area contributed by atoms with E-state index in [1.54, 1.807) is 4.90 Å². The standard InChI is InChI=1S/C20H25F2N5OS/c1-13-12-29-19(23-13)16-9-15(27-8-7-26(2)18(28)11-27)10-17(25-16)24-14-3-5-20(21,22)6-4-14/h9-10,12,14H,3-8,11H2,1-2H3,(H,24,25). The smallest absolute Gasteiger partial charge is 0.248 e. The fourth-order valence-electron chi connectivity index (χ4n) is 3.73. The summed E-state index contributed by atoms with van der Waals surface area (Å²) in [5.41, 5.74) is 2.56. The molecule has 2 aromatic rings. The quantitative estimate of drug-likeness (QED) is 0.814. The van der Waals surface area contributed by atoms with E-state index in [9.17, 15) is 13.6 Å². The number of aryl methyl sites for hydroxylation is 1. The van der Waals surface area contributed by atoms with E-state index in [2.05, 4.69) is 10.3 Å². The Labute approximate surface area is 172 Å². The molecule has 1 aliphatic heterocycles. The Hall–Kier alpha value is -2.29. The maximum Gasteiger partial charge on any atom is 0.248 e.